The van der Waals surface area contributed by atoms with Crippen molar-refractivity contribution in [1.29, 1.82) is 0 Å². The zero-order valence-corrected chi connectivity index (χ0v) is 30.6. The van der Waals surface area contributed by atoms with Crippen LogP contribution in [0.5, 0.6) is 0 Å². The minimum Gasteiger partial charge on any atom is -0.619 e. The number of carbonyl (C=O) groups excluding carboxylic acids is 2. The number of oxime groups is 1. The highest BCUT2D eigenvalue weighted by molar-refractivity contribution is 6.42. The molecular weight excluding hydrogens is 710 g/mol. The quantitative estimate of drug-likeness (QED) is 0.0863. The third-order valence-electron chi connectivity index (χ3n) is 9.10. The molecule has 10 nitrogen and oxygen atoms in total. The lowest BCUT2D eigenvalue weighted by atomic mass is 9.89. The van der Waals surface area contributed by atoms with Crippen molar-refractivity contribution in [2.75, 3.05) is 53.4 Å². The number of aromatic nitrogens is 1. The molecule has 2 aromatic carbocycles. The molecule has 0 N–H and O–H groups in total. The number of hydrogen-bond donors (Lipinski definition) is 0. The molecule has 1 atom stereocenters. The highest BCUT2D eigenvalue weighted by Crippen LogP contribution is 2.31. The Morgan fingerprint density at radius 1 is 1.04 bits per heavy atom. The number of halogens is 4. The highest BCUT2D eigenvalue weighted by atomic mass is 35.5. The second-order valence-corrected chi connectivity index (χ2v) is 14.2. The van der Waals surface area contributed by atoms with E-state index in [0.717, 1.165) is 61.3 Å². The van der Waals surface area contributed by atoms with E-state index in [9.17, 15) is 14.8 Å². The molecule has 262 valence electrons. The number of hydrogen-bond acceptors (Lipinski definition) is 6. The maximum Gasteiger partial charge on any atom is 0.320 e. The van der Waals surface area contributed by atoms with Crippen LogP contribution in [0.1, 0.15) is 53.1 Å². The summed E-state index contributed by atoms with van der Waals surface area (Å²) in [6.07, 6.45) is 6.26. The van der Waals surface area contributed by atoms with Crippen molar-refractivity contribution in [1.82, 2.24) is 19.6 Å². The number of rotatable bonds is 12. The summed E-state index contributed by atoms with van der Waals surface area (Å²) in [6.45, 7) is 4.45. The Hall–Kier alpha value is -3.28. The minimum absolute atomic E-state index is 0.0322. The van der Waals surface area contributed by atoms with Gasteiger partial charge in [-0.25, -0.2) is 4.79 Å². The molecule has 3 heterocycles. The maximum atomic E-state index is 13.5. The lowest BCUT2D eigenvalue weighted by Gasteiger charge is -2.43. The Labute approximate surface area is 307 Å². The van der Waals surface area contributed by atoms with Gasteiger partial charge in [-0.15, -0.1) is 0 Å². The van der Waals surface area contributed by atoms with Crippen LogP contribution >= 0.6 is 46.4 Å². The van der Waals surface area contributed by atoms with Gasteiger partial charge in [0.1, 0.15) is 7.11 Å². The molecule has 3 aromatic rings. The van der Waals surface area contributed by atoms with Gasteiger partial charge in [-0.05, 0) is 74.2 Å². The Morgan fingerprint density at radius 3 is 2.45 bits per heavy atom. The van der Waals surface area contributed by atoms with Crippen LogP contribution in [0.4, 0.5) is 4.79 Å². The number of nitrogens with zero attached hydrogens (tertiary/aromatic N) is 6. The van der Waals surface area contributed by atoms with E-state index in [1.807, 2.05) is 28.0 Å². The monoisotopic (exact) mass is 748 g/mol. The van der Waals surface area contributed by atoms with Gasteiger partial charge < -0.3 is 29.6 Å². The molecule has 0 radical (unpaired) electrons. The summed E-state index contributed by atoms with van der Waals surface area (Å²) in [5.41, 5.74) is 2.75. The predicted octanol–water partition coefficient (Wildman–Crippen LogP) is 6.97. The first kappa shape index (κ1) is 37.0. The van der Waals surface area contributed by atoms with Crippen molar-refractivity contribution >= 4 is 64.1 Å². The normalized spacial score (nSPS) is 16.9. The average Bonchev–Trinajstić information content (AvgIpc) is 3.07. The number of pyridine rings is 1. The summed E-state index contributed by atoms with van der Waals surface area (Å²) in [5, 5.41) is 17.8. The summed E-state index contributed by atoms with van der Waals surface area (Å²) in [5.74, 6) is -0.486. The molecule has 0 bridgehead atoms. The van der Waals surface area contributed by atoms with E-state index in [4.69, 9.17) is 51.2 Å². The van der Waals surface area contributed by atoms with E-state index in [0.29, 0.717) is 50.9 Å². The van der Waals surface area contributed by atoms with Crippen LogP contribution in [0, 0.1) is 5.21 Å². The van der Waals surface area contributed by atoms with Gasteiger partial charge in [-0.3, -0.25) is 4.79 Å². The molecule has 14 heteroatoms. The van der Waals surface area contributed by atoms with Crippen LogP contribution in [-0.4, -0.2) is 96.7 Å². The van der Waals surface area contributed by atoms with Crippen LogP contribution < -0.4 is 4.73 Å². The first-order valence-corrected chi connectivity index (χ1v) is 17.8. The van der Waals surface area contributed by atoms with Crippen molar-refractivity contribution in [3.8, 4) is 0 Å². The van der Waals surface area contributed by atoms with Crippen LogP contribution in [0.15, 0.2) is 66.1 Å². The van der Waals surface area contributed by atoms with Crippen LogP contribution in [0.2, 0.25) is 20.1 Å². The number of likely N-dealkylation sites (tertiary alicyclic amines) is 1. The first-order valence-electron chi connectivity index (χ1n) is 16.2. The van der Waals surface area contributed by atoms with Gasteiger partial charge in [0.15, 0.2) is 12.4 Å². The Balaban J connectivity index is 1.24. The number of piperidine rings is 1. The van der Waals surface area contributed by atoms with Gasteiger partial charge in [0, 0.05) is 72.4 Å². The van der Waals surface area contributed by atoms with Crippen molar-refractivity contribution in [2.45, 2.75) is 44.2 Å². The fourth-order valence-corrected chi connectivity index (χ4v) is 7.49. The second-order valence-electron chi connectivity index (χ2n) is 12.5. The lowest BCUT2D eigenvalue weighted by Crippen LogP contribution is -2.55. The molecule has 0 saturated carbocycles. The van der Waals surface area contributed by atoms with E-state index in [1.165, 1.54) is 19.5 Å². The zero-order valence-electron chi connectivity index (χ0n) is 27.5. The van der Waals surface area contributed by atoms with Gasteiger partial charge in [0.2, 0.25) is 0 Å². The second kappa shape index (κ2) is 17.1. The van der Waals surface area contributed by atoms with Gasteiger partial charge in [-0.2, -0.15) is 4.73 Å². The van der Waals surface area contributed by atoms with Gasteiger partial charge in [-0.1, -0.05) is 57.6 Å². The fourth-order valence-electron chi connectivity index (χ4n) is 6.66. The van der Waals surface area contributed by atoms with Crippen LogP contribution in [-0.2, 0) is 11.4 Å². The summed E-state index contributed by atoms with van der Waals surface area (Å²) in [4.78, 5) is 40.0. The molecule has 49 heavy (non-hydrogen) atoms. The maximum absolute atomic E-state index is 13.5. The molecule has 2 aliphatic rings. The third kappa shape index (κ3) is 9.70. The number of urea groups is 1. The van der Waals surface area contributed by atoms with Crippen molar-refractivity contribution in [3.63, 3.8) is 0 Å². The minimum atomic E-state index is -0.258. The molecule has 0 aliphatic carbocycles. The zero-order chi connectivity index (χ0) is 35.1. The molecular formula is C35H40Cl4N6O4. The third-order valence-corrected chi connectivity index (χ3v) is 10.3. The SMILES string of the molecule is CO/N=C(/CN(C)C(=O)c1cc(Cl)cc(Cl)c1)C(CCN1CCC(N2CCCN(Cc3ccc[n+]([O-])c3)C2=O)CC1)c1ccc(Cl)c(Cl)c1. The molecule has 3 amide bonds. The van der Waals surface area contributed by atoms with Crippen molar-refractivity contribution in [2.24, 2.45) is 5.16 Å². The summed E-state index contributed by atoms with van der Waals surface area (Å²) >= 11 is 25.1. The smallest absolute Gasteiger partial charge is 0.320 e. The van der Waals surface area contributed by atoms with Gasteiger partial charge in [0.05, 0.1) is 28.8 Å². The van der Waals surface area contributed by atoms with E-state index in [-0.39, 0.29) is 30.4 Å². The molecule has 2 saturated heterocycles. The predicted molar refractivity (Wildman–Crippen MR) is 194 cm³/mol. The number of carbonyl (C=O) groups is 2. The molecule has 1 aromatic heterocycles. The lowest BCUT2D eigenvalue weighted by molar-refractivity contribution is -0.605. The molecule has 5 rings (SSSR count). The average molecular weight is 751 g/mol. The molecule has 2 aliphatic heterocycles. The molecule has 0 spiro atoms. The van der Waals surface area contributed by atoms with Crippen molar-refractivity contribution in [3.05, 3.63) is 103 Å². The highest BCUT2D eigenvalue weighted by Gasteiger charge is 2.34. The standard InChI is InChI=1S/C35H40Cl4N6O4/c1-41(34(46)26-17-27(36)20-28(37)18-26)23-33(40-49-2)30(25-6-7-31(38)32(39)19-25)10-16-42-14-8-29(9-15-42)45-13-4-11-43(35(45)47)21-24-5-3-12-44(48)22-24/h3,5-7,12,17-20,22,29-30H,4,8-11,13-16,21,23H2,1-2H3/b40-33-. The fraction of sp³-hybridized carbons (Fsp3) is 0.429. The Bertz CT molecular complexity index is 1650. The first-order chi connectivity index (χ1) is 23.5. The van der Waals surface area contributed by atoms with Crippen LogP contribution in [0.3, 0.4) is 0 Å². The summed E-state index contributed by atoms with van der Waals surface area (Å²) in [7, 11) is 3.18. The Morgan fingerprint density at radius 2 is 1.78 bits per heavy atom. The van der Waals surface area contributed by atoms with Crippen LogP contribution in [0.25, 0.3) is 0 Å². The van der Waals surface area contributed by atoms with E-state index in [2.05, 4.69) is 10.1 Å². The van der Waals surface area contributed by atoms with Gasteiger partial charge >= 0.3 is 6.03 Å². The van der Waals surface area contributed by atoms with Gasteiger partial charge in [0.25, 0.3) is 5.91 Å². The molecule has 1 unspecified atom stereocenters. The summed E-state index contributed by atoms with van der Waals surface area (Å²) in [6, 6.07) is 14.0. The number of amides is 3. The van der Waals surface area contributed by atoms with Crippen molar-refractivity contribution < 1.29 is 19.2 Å². The van der Waals surface area contributed by atoms with E-state index >= 15 is 0 Å². The van der Waals surface area contributed by atoms with E-state index < -0.39 is 0 Å². The number of benzene rings is 2. The van der Waals surface area contributed by atoms with E-state index in [1.54, 1.807) is 42.3 Å². The topological polar surface area (TPSA) is 95.6 Å². The molecule has 2 fully saturated rings. The summed E-state index contributed by atoms with van der Waals surface area (Å²) < 4.78 is 0.767. The Kier molecular flexibility index (Phi) is 12.9. The largest absolute Gasteiger partial charge is 0.619 e.